The van der Waals surface area contributed by atoms with Gasteiger partial charge in [0.2, 0.25) is 0 Å². The van der Waals surface area contributed by atoms with Crippen LogP contribution in [0, 0.1) is 0 Å². The molecule has 0 bridgehead atoms. The molecule has 1 aromatic carbocycles. The zero-order valence-corrected chi connectivity index (χ0v) is 8.79. The van der Waals surface area contributed by atoms with E-state index in [1.54, 1.807) is 18.2 Å². The van der Waals surface area contributed by atoms with Gasteiger partial charge in [-0.25, -0.2) is 9.78 Å². The largest absolute Gasteiger partial charge is 0.508 e. The molecular formula is C12H10N2O3. The van der Waals surface area contributed by atoms with E-state index in [0.717, 1.165) is 0 Å². The van der Waals surface area contributed by atoms with Crippen molar-refractivity contribution in [2.75, 3.05) is 5.73 Å². The molecule has 1 heterocycles. The number of nitrogens with two attached hydrogens (primary N) is 1. The Morgan fingerprint density at radius 2 is 1.76 bits per heavy atom. The molecule has 0 spiro atoms. The Morgan fingerprint density at radius 3 is 2.35 bits per heavy atom. The molecule has 4 N–H and O–H groups in total. The maximum Gasteiger partial charge on any atom is 0.355 e. The molecule has 2 rings (SSSR count). The number of aromatic carboxylic acids is 1. The molecule has 17 heavy (non-hydrogen) atoms. The van der Waals surface area contributed by atoms with Crippen LogP contribution in [0.1, 0.15) is 10.5 Å². The second-order valence-corrected chi connectivity index (χ2v) is 3.48. The maximum absolute atomic E-state index is 11.0. The molecular weight excluding hydrogens is 220 g/mol. The first-order chi connectivity index (χ1) is 8.08. The molecule has 0 aliphatic heterocycles. The first-order valence-electron chi connectivity index (χ1n) is 4.87. The molecule has 0 aliphatic rings. The van der Waals surface area contributed by atoms with Gasteiger partial charge in [0.15, 0.2) is 5.69 Å². The average Bonchev–Trinajstić information content (AvgIpc) is 2.30. The summed E-state index contributed by atoms with van der Waals surface area (Å²) >= 11 is 0. The highest BCUT2D eigenvalue weighted by molar-refractivity contribution is 5.94. The third kappa shape index (κ3) is 2.17. The number of hydrogen-bond acceptors (Lipinski definition) is 4. The molecule has 0 unspecified atom stereocenters. The van der Waals surface area contributed by atoms with Gasteiger partial charge in [0.1, 0.15) is 11.6 Å². The van der Waals surface area contributed by atoms with Gasteiger partial charge in [0, 0.05) is 5.56 Å². The predicted octanol–water partition coefficient (Wildman–Crippen LogP) is 1.73. The van der Waals surface area contributed by atoms with Gasteiger partial charge in [-0.05, 0) is 29.8 Å². The van der Waals surface area contributed by atoms with Crippen LogP contribution in [0.4, 0.5) is 5.82 Å². The lowest BCUT2D eigenvalue weighted by Crippen LogP contribution is -2.05. The van der Waals surface area contributed by atoms with E-state index in [2.05, 4.69) is 4.98 Å². The molecule has 1 aromatic heterocycles. The molecule has 5 heteroatoms. The standard InChI is InChI=1S/C12H10N2O3/c13-10-6-5-9(11(14-10)12(16)17)7-1-3-8(15)4-2-7/h1-6,15H,(H2,13,14)(H,16,17). The summed E-state index contributed by atoms with van der Waals surface area (Å²) in [6.45, 7) is 0. The maximum atomic E-state index is 11.0. The number of benzene rings is 1. The predicted molar refractivity (Wildman–Crippen MR) is 62.7 cm³/mol. The van der Waals surface area contributed by atoms with E-state index >= 15 is 0 Å². The molecule has 0 fully saturated rings. The van der Waals surface area contributed by atoms with Crippen LogP contribution in [0.3, 0.4) is 0 Å². The molecule has 0 aliphatic carbocycles. The van der Waals surface area contributed by atoms with Crippen molar-refractivity contribution in [3.63, 3.8) is 0 Å². The Hall–Kier alpha value is -2.56. The monoisotopic (exact) mass is 230 g/mol. The Kier molecular flexibility index (Phi) is 2.66. The van der Waals surface area contributed by atoms with Crippen molar-refractivity contribution in [1.29, 1.82) is 0 Å². The first-order valence-corrected chi connectivity index (χ1v) is 4.87. The summed E-state index contributed by atoms with van der Waals surface area (Å²) in [6.07, 6.45) is 0. The number of carboxylic acids is 1. The number of carbonyl (C=O) groups is 1. The second kappa shape index (κ2) is 4.13. The van der Waals surface area contributed by atoms with Crippen LogP contribution in [-0.2, 0) is 0 Å². The van der Waals surface area contributed by atoms with Crippen molar-refractivity contribution < 1.29 is 15.0 Å². The van der Waals surface area contributed by atoms with Crippen molar-refractivity contribution in [3.8, 4) is 16.9 Å². The van der Waals surface area contributed by atoms with Gasteiger partial charge < -0.3 is 15.9 Å². The number of nitrogens with zero attached hydrogens (tertiary/aromatic N) is 1. The van der Waals surface area contributed by atoms with Gasteiger partial charge in [0.25, 0.3) is 0 Å². The van der Waals surface area contributed by atoms with E-state index in [9.17, 15) is 9.90 Å². The number of hydrogen-bond donors (Lipinski definition) is 3. The highest BCUT2D eigenvalue weighted by Crippen LogP contribution is 2.25. The SMILES string of the molecule is Nc1ccc(-c2ccc(O)cc2)c(C(=O)O)n1. The third-order valence-electron chi connectivity index (χ3n) is 2.30. The number of aromatic hydroxyl groups is 1. The van der Waals surface area contributed by atoms with Gasteiger partial charge in [-0.2, -0.15) is 0 Å². The van der Waals surface area contributed by atoms with Crippen LogP contribution < -0.4 is 5.73 Å². The van der Waals surface area contributed by atoms with E-state index in [1.165, 1.54) is 18.2 Å². The number of carboxylic acid groups (broad SMARTS) is 1. The molecule has 5 nitrogen and oxygen atoms in total. The van der Waals surface area contributed by atoms with Crippen molar-refractivity contribution in [2.24, 2.45) is 0 Å². The number of aromatic nitrogens is 1. The van der Waals surface area contributed by atoms with Gasteiger partial charge in [-0.15, -0.1) is 0 Å². The summed E-state index contributed by atoms with van der Waals surface area (Å²) in [4.78, 5) is 14.8. The van der Waals surface area contributed by atoms with Gasteiger partial charge in [-0.1, -0.05) is 12.1 Å². The van der Waals surface area contributed by atoms with E-state index in [1.807, 2.05) is 0 Å². The van der Waals surface area contributed by atoms with Crippen molar-refractivity contribution in [2.45, 2.75) is 0 Å². The molecule has 2 aromatic rings. The minimum atomic E-state index is -1.14. The minimum absolute atomic E-state index is 0.101. The number of phenols is 1. The van der Waals surface area contributed by atoms with E-state index in [4.69, 9.17) is 10.8 Å². The van der Waals surface area contributed by atoms with Crippen LogP contribution in [0.15, 0.2) is 36.4 Å². The zero-order valence-electron chi connectivity index (χ0n) is 8.79. The third-order valence-corrected chi connectivity index (χ3v) is 2.30. The summed E-state index contributed by atoms with van der Waals surface area (Å²) in [5, 5.41) is 18.2. The molecule has 0 atom stereocenters. The molecule has 0 saturated carbocycles. The zero-order chi connectivity index (χ0) is 12.4. The van der Waals surface area contributed by atoms with Crippen LogP contribution in [0.5, 0.6) is 5.75 Å². The number of phenolic OH excluding ortho intramolecular Hbond substituents is 1. The van der Waals surface area contributed by atoms with E-state index in [-0.39, 0.29) is 17.3 Å². The molecule has 86 valence electrons. The van der Waals surface area contributed by atoms with Gasteiger partial charge in [0.05, 0.1) is 0 Å². The highest BCUT2D eigenvalue weighted by atomic mass is 16.4. The molecule has 0 saturated heterocycles. The van der Waals surface area contributed by atoms with Gasteiger partial charge in [-0.3, -0.25) is 0 Å². The lowest BCUT2D eigenvalue weighted by molar-refractivity contribution is 0.0691. The van der Waals surface area contributed by atoms with Crippen LogP contribution in [0.2, 0.25) is 0 Å². The molecule has 0 radical (unpaired) electrons. The highest BCUT2D eigenvalue weighted by Gasteiger charge is 2.13. The fourth-order valence-electron chi connectivity index (χ4n) is 1.51. The quantitative estimate of drug-likeness (QED) is 0.730. The number of anilines is 1. The summed E-state index contributed by atoms with van der Waals surface area (Å²) in [7, 11) is 0. The lowest BCUT2D eigenvalue weighted by atomic mass is 10.0. The number of pyridine rings is 1. The topological polar surface area (TPSA) is 96.4 Å². The van der Waals surface area contributed by atoms with E-state index < -0.39 is 5.97 Å². The van der Waals surface area contributed by atoms with Crippen molar-refractivity contribution >= 4 is 11.8 Å². The molecule has 0 amide bonds. The van der Waals surface area contributed by atoms with Crippen LogP contribution in [0.25, 0.3) is 11.1 Å². The number of nitrogen functional groups attached to an aromatic ring is 1. The van der Waals surface area contributed by atoms with Crippen LogP contribution >= 0.6 is 0 Å². The first kappa shape index (κ1) is 10.9. The Bertz CT molecular complexity index is 564. The Balaban J connectivity index is 2.58. The fourth-order valence-corrected chi connectivity index (χ4v) is 1.51. The lowest BCUT2D eigenvalue weighted by Gasteiger charge is -2.06. The second-order valence-electron chi connectivity index (χ2n) is 3.48. The summed E-state index contributed by atoms with van der Waals surface area (Å²) in [5.74, 6) is -0.862. The normalized spacial score (nSPS) is 10.1. The van der Waals surface area contributed by atoms with E-state index in [0.29, 0.717) is 11.1 Å². The number of rotatable bonds is 2. The summed E-state index contributed by atoms with van der Waals surface area (Å²) in [6, 6.07) is 9.34. The van der Waals surface area contributed by atoms with Crippen molar-refractivity contribution in [1.82, 2.24) is 4.98 Å². The smallest absolute Gasteiger partial charge is 0.355 e. The van der Waals surface area contributed by atoms with Crippen LogP contribution in [-0.4, -0.2) is 21.2 Å². The van der Waals surface area contributed by atoms with Crippen molar-refractivity contribution in [3.05, 3.63) is 42.1 Å². The Labute approximate surface area is 97.2 Å². The summed E-state index contributed by atoms with van der Waals surface area (Å²) < 4.78 is 0. The minimum Gasteiger partial charge on any atom is -0.508 e. The average molecular weight is 230 g/mol. The fraction of sp³-hybridized carbons (Fsp3) is 0. The Morgan fingerprint density at radius 1 is 1.12 bits per heavy atom. The van der Waals surface area contributed by atoms with Gasteiger partial charge >= 0.3 is 5.97 Å². The summed E-state index contributed by atoms with van der Waals surface area (Å²) in [5.41, 5.74) is 6.48.